The number of hydrogen-bond acceptors (Lipinski definition) is 2. The first-order valence-electron chi connectivity index (χ1n) is 7.54. The van der Waals surface area contributed by atoms with Crippen LogP contribution in [0.4, 0.5) is 0 Å². The van der Waals surface area contributed by atoms with Crippen molar-refractivity contribution < 1.29 is 14.7 Å². The van der Waals surface area contributed by atoms with E-state index >= 15 is 0 Å². The molecule has 4 heteroatoms. The summed E-state index contributed by atoms with van der Waals surface area (Å²) in [5, 5.41) is 11.9. The third-order valence-electron chi connectivity index (χ3n) is 4.27. The highest BCUT2D eigenvalue weighted by Crippen LogP contribution is 2.28. The van der Waals surface area contributed by atoms with Gasteiger partial charge >= 0.3 is 5.97 Å². The standard InChI is InChI=1S/C17H23NO3/c1-11(2)15(8-12-6-4-3-5-7-12)16(19)18-14-9-13(10-14)17(20)21/h3-7,11,13-15H,8-10H2,1-2H3,(H,18,19)(H,20,21). The number of rotatable bonds is 6. The van der Waals surface area contributed by atoms with Crippen molar-refractivity contribution in [3.05, 3.63) is 35.9 Å². The zero-order valence-electron chi connectivity index (χ0n) is 12.6. The molecule has 2 rings (SSSR count). The molecule has 4 nitrogen and oxygen atoms in total. The van der Waals surface area contributed by atoms with Crippen LogP contribution in [0.15, 0.2) is 30.3 Å². The summed E-state index contributed by atoms with van der Waals surface area (Å²) in [7, 11) is 0. The molecule has 1 atom stereocenters. The van der Waals surface area contributed by atoms with Crippen LogP contribution in [0.2, 0.25) is 0 Å². The fourth-order valence-electron chi connectivity index (χ4n) is 2.74. The molecule has 1 aromatic rings. The van der Waals surface area contributed by atoms with E-state index in [1.54, 1.807) is 0 Å². The molecule has 2 N–H and O–H groups in total. The quantitative estimate of drug-likeness (QED) is 0.845. The lowest BCUT2D eigenvalue weighted by Crippen LogP contribution is -2.49. The Kier molecular flexibility index (Phi) is 4.99. The van der Waals surface area contributed by atoms with Crippen molar-refractivity contribution in [1.82, 2.24) is 5.32 Å². The van der Waals surface area contributed by atoms with Crippen LogP contribution in [0, 0.1) is 17.8 Å². The fraction of sp³-hybridized carbons (Fsp3) is 0.529. The number of carboxylic acid groups (broad SMARTS) is 1. The zero-order valence-corrected chi connectivity index (χ0v) is 12.6. The Hall–Kier alpha value is -1.84. The van der Waals surface area contributed by atoms with E-state index in [1.807, 2.05) is 44.2 Å². The molecule has 1 amide bonds. The van der Waals surface area contributed by atoms with E-state index < -0.39 is 5.97 Å². The van der Waals surface area contributed by atoms with E-state index in [2.05, 4.69) is 5.32 Å². The Morgan fingerprint density at radius 3 is 2.38 bits per heavy atom. The molecule has 1 aliphatic rings. The second kappa shape index (κ2) is 6.74. The average molecular weight is 289 g/mol. The minimum absolute atomic E-state index is 0.0237. The zero-order chi connectivity index (χ0) is 15.4. The van der Waals surface area contributed by atoms with Gasteiger partial charge in [0.25, 0.3) is 0 Å². The van der Waals surface area contributed by atoms with Crippen LogP contribution >= 0.6 is 0 Å². The maximum atomic E-state index is 12.4. The molecular formula is C17H23NO3. The van der Waals surface area contributed by atoms with E-state index in [0.717, 1.165) is 12.0 Å². The summed E-state index contributed by atoms with van der Waals surface area (Å²) in [4.78, 5) is 23.2. The lowest BCUT2D eigenvalue weighted by Gasteiger charge is -2.34. The minimum atomic E-state index is -0.759. The van der Waals surface area contributed by atoms with Gasteiger partial charge < -0.3 is 10.4 Å². The lowest BCUT2D eigenvalue weighted by molar-refractivity contribution is -0.146. The van der Waals surface area contributed by atoms with E-state index in [-0.39, 0.29) is 29.7 Å². The SMILES string of the molecule is CC(C)C(Cc1ccccc1)C(=O)NC1CC(C(=O)O)C1. The first-order chi connectivity index (χ1) is 9.97. The van der Waals surface area contributed by atoms with Crippen molar-refractivity contribution >= 4 is 11.9 Å². The molecule has 21 heavy (non-hydrogen) atoms. The van der Waals surface area contributed by atoms with E-state index in [9.17, 15) is 9.59 Å². The number of carboxylic acids is 1. The van der Waals surface area contributed by atoms with Crippen LogP contribution in [0.3, 0.4) is 0 Å². The summed E-state index contributed by atoms with van der Waals surface area (Å²) in [5.74, 6) is -0.827. The van der Waals surface area contributed by atoms with Crippen molar-refractivity contribution in [1.29, 1.82) is 0 Å². The van der Waals surface area contributed by atoms with Gasteiger partial charge in [-0.3, -0.25) is 9.59 Å². The van der Waals surface area contributed by atoms with Crippen LogP contribution in [-0.2, 0) is 16.0 Å². The van der Waals surface area contributed by atoms with E-state index in [0.29, 0.717) is 12.8 Å². The predicted molar refractivity (Wildman–Crippen MR) is 80.8 cm³/mol. The Morgan fingerprint density at radius 2 is 1.86 bits per heavy atom. The topological polar surface area (TPSA) is 66.4 Å². The Labute approximate surface area is 125 Å². The van der Waals surface area contributed by atoms with Crippen LogP contribution in [-0.4, -0.2) is 23.0 Å². The molecule has 1 unspecified atom stereocenters. The second-order valence-electron chi connectivity index (χ2n) is 6.25. The molecule has 0 spiro atoms. The predicted octanol–water partition coefficient (Wildman–Crippen LogP) is 2.48. The lowest BCUT2D eigenvalue weighted by atomic mass is 9.79. The van der Waals surface area contributed by atoms with Crippen LogP contribution in [0.5, 0.6) is 0 Å². The van der Waals surface area contributed by atoms with Gasteiger partial charge in [-0.15, -0.1) is 0 Å². The van der Waals surface area contributed by atoms with Crippen molar-refractivity contribution in [2.75, 3.05) is 0 Å². The van der Waals surface area contributed by atoms with Gasteiger partial charge in [0.2, 0.25) is 5.91 Å². The van der Waals surface area contributed by atoms with Gasteiger partial charge in [-0.05, 0) is 30.7 Å². The summed E-state index contributed by atoms with van der Waals surface area (Å²) in [6.07, 6.45) is 1.83. The number of hydrogen-bond donors (Lipinski definition) is 2. The highest BCUT2D eigenvalue weighted by atomic mass is 16.4. The summed E-state index contributed by atoms with van der Waals surface area (Å²) in [5.41, 5.74) is 1.16. The Morgan fingerprint density at radius 1 is 1.24 bits per heavy atom. The highest BCUT2D eigenvalue weighted by Gasteiger charge is 2.36. The number of benzene rings is 1. The normalized spacial score (nSPS) is 22.4. The summed E-state index contributed by atoms with van der Waals surface area (Å²) >= 11 is 0. The maximum absolute atomic E-state index is 12.4. The Balaban J connectivity index is 1.90. The minimum Gasteiger partial charge on any atom is -0.481 e. The summed E-state index contributed by atoms with van der Waals surface area (Å²) in [6, 6.07) is 10.0. The van der Waals surface area contributed by atoms with Gasteiger partial charge in [-0.25, -0.2) is 0 Å². The molecule has 0 saturated heterocycles. The van der Waals surface area contributed by atoms with Gasteiger partial charge in [-0.1, -0.05) is 44.2 Å². The van der Waals surface area contributed by atoms with Crippen LogP contribution in [0.25, 0.3) is 0 Å². The van der Waals surface area contributed by atoms with E-state index in [1.165, 1.54) is 0 Å². The van der Waals surface area contributed by atoms with Crippen molar-refractivity contribution in [2.24, 2.45) is 17.8 Å². The van der Waals surface area contributed by atoms with E-state index in [4.69, 9.17) is 5.11 Å². The van der Waals surface area contributed by atoms with Gasteiger partial charge in [-0.2, -0.15) is 0 Å². The smallest absolute Gasteiger partial charge is 0.306 e. The molecule has 0 radical (unpaired) electrons. The molecular weight excluding hydrogens is 266 g/mol. The molecule has 0 aliphatic heterocycles. The molecule has 0 heterocycles. The first-order valence-corrected chi connectivity index (χ1v) is 7.54. The largest absolute Gasteiger partial charge is 0.481 e. The van der Waals surface area contributed by atoms with Crippen LogP contribution < -0.4 is 5.32 Å². The number of carbonyl (C=O) groups is 2. The van der Waals surface area contributed by atoms with Crippen molar-refractivity contribution in [3.8, 4) is 0 Å². The van der Waals surface area contributed by atoms with Gasteiger partial charge in [0.15, 0.2) is 0 Å². The summed E-state index contributed by atoms with van der Waals surface area (Å²) in [6.45, 7) is 4.10. The molecule has 1 aromatic carbocycles. The number of nitrogens with one attached hydrogen (secondary N) is 1. The van der Waals surface area contributed by atoms with Crippen molar-refractivity contribution in [2.45, 2.75) is 39.2 Å². The third-order valence-corrected chi connectivity index (χ3v) is 4.27. The molecule has 114 valence electrons. The van der Waals surface area contributed by atoms with Crippen LogP contribution in [0.1, 0.15) is 32.3 Å². The van der Waals surface area contributed by atoms with Crippen molar-refractivity contribution in [3.63, 3.8) is 0 Å². The fourth-order valence-corrected chi connectivity index (χ4v) is 2.74. The summed E-state index contributed by atoms with van der Waals surface area (Å²) < 4.78 is 0. The third kappa shape index (κ3) is 4.06. The first kappa shape index (κ1) is 15.5. The molecule has 1 fully saturated rings. The number of amides is 1. The number of carbonyl (C=O) groups excluding carboxylic acids is 1. The molecule has 0 bridgehead atoms. The molecule has 0 aromatic heterocycles. The highest BCUT2D eigenvalue weighted by molar-refractivity contribution is 5.80. The van der Waals surface area contributed by atoms with Gasteiger partial charge in [0.05, 0.1) is 5.92 Å². The molecule has 1 aliphatic carbocycles. The molecule has 1 saturated carbocycles. The number of aliphatic carboxylic acids is 1. The van der Waals surface area contributed by atoms with Gasteiger partial charge in [0, 0.05) is 12.0 Å². The second-order valence-corrected chi connectivity index (χ2v) is 6.25. The average Bonchev–Trinajstić information content (AvgIpc) is 2.39. The Bertz CT molecular complexity index is 492. The monoisotopic (exact) mass is 289 g/mol. The van der Waals surface area contributed by atoms with Gasteiger partial charge in [0.1, 0.15) is 0 Å². The maximum Gasteiger partial charge on any atom is 0.306 e.